The Kier molecular flexibility index (Phi) is 31.3. The van der Waals surface area contributed by atoms with E-state index in [9.17, 15) is 0 Å². The summed E-state index contributed by atoms with van der Waals surface area (Å²) < 4.78 is 0. The monoisotopic (exact) mass is 265 g/mol. The molecule has 0 saturated heterocycles. The van der Waals surface area contributed by atoms with Gasteiger partial charge >= 0.3 is 0 Å². The van der Waals surface area contributed by atoms with Crippen LogP contribution < -0.4 is 0 Å². The molecule has 0 spiro atoms. The van der Waals surface area contributed by atoms with Gasteiger partial charge in [0.15, 0.2) is 0 Å². The maximum Gasteiger partial charge on any atom is 0 e. The first-order valence-electron chi connectivity index (χ1n) is 3.43. The Morgan fingerprint density at radius 3 is 1.14 bits per heavy atom. The van der Waals surface area contributed by atoms with Gasteiger partial charge in [0.1, 0.15) is 0 Å². The summed E-state index contributed by atoms with van der Waals surface area (Å²) in [7, 11) is 0. The van der Waals surface area contributed by atoms with E-state index in [0.29, 0.717) is 0 Å². The molecule has 80 valence electrons. The van der Waals surface area contributed by atoms with Crippen molar-refractivity contribution in [2.24, 2.45) is 0 Å². The molecule has 0 unspecified atom stereocenters. The summed E-state index contributed by atoms with van der Waals surface area (Å²) in [5.74, 6) is 0. The van der Waals surface area contributed by atoms with Crippen molar-refractivity contribution in [3.8, 4) is 0 Å². The van der Waals surface area contributed by atoms with Gasteiger partial charge in [-0.3, -0.25) is 12.2 Å². The Hall–Kier alpha value is -0.157. The van der Waals surface area contributed by atoms with Crippen LogP contribution >= 0.6 is 0 Å². The van der Waals surface area contributed by atoms with Gasteiger partial charge in [0.05, 0.1) is 0 Å². The second-order valence-corrected chi connectivity index (χ2v) is 2.01. The molecule has 0 saturated carbocycles. The largest absolute Gasteiger partial charge is 0.358 e. The molecular formula is C13H19Zr-5. The Balaban J connectivity index is -0.0000000556. The number of allylic oxidation sites excluding steroid dienone is 8. The Morgan fingerprint density at radius 2 is 1.07 bits per heavy atom. The van der Waals surface area contributed by atoms with Crippen molar-refractivity contribution >= 4 is 0 Å². The van der Waals surface area contributed by atoms with Crippen LogP contribution in [-0.2, 0) is 26.2 Å². The maximum atomic E-state index is 2.99. The molecule has 2 aliphatic carbocycles. The summed E-state index contributed by atoms with van der Waals surface area (Å²) in [5, 5.41) is 0. The van der Waals surface area contributed by atoms with Crippen LogP contribution in [0.5, 0.6) is 0 Å². The minimum Gasteiger partial charge on any atom is -0.358 e. The van der Waals surface area contributed by atoms with Crippen LogP contribution in [0.25, 0.3) is 0 Å². The third-order valence-electron chi connectivity index (χ3n) is 1.17. The standard InChI is InChI=1S/2C5H5.3CH3.Zr/c2*1-2-4-5-3-1;;;;/h2*1-3H,4H2;3*1H3;/q5*-1;. The van der Waals surface area contributed by atoms with Crippen molar-refractivity contribution in [1.29, 1.82) is 0 Å². The number of hydrogen-bond donors (Lipinski definition) is 0. The van der Waals surface area contributed by atoms with E-state index in [0.717, 1.165) is 12.8 Å². The van der Waals surface area contributed by atoms with E-state index in [1.807, 2.05) is 24.3 Å². The zero-order chi connectivity index (χ0) is 7.07. The van der Waals surface area contributed by atoms with E-state index in [1.165, 1.54) is 0 Å². The summed E-state index contributed by atoms with van der Waals surface area (Å²) in [4.78, 5) is 0. The van der Waals surface area contributed by atoms with Gasteiger partial charge in [-0.2, -0.15) is 12.2 Å². The fourth-order valence-corrected chi connectivity index (χ4v) is 0.680. The Labute approximate surface area is 110 Å². The van der Waals surface area contributed by atoms with Crippen LogP contribution in [0.4, 0.5) is 0 Å². The molecule has 14 heavy (non-hydrogen) atoms. The van der Waals surface area contributed by atoms with Crippen LogP contribution in [0.1, 0.15) is 12.8 Å². The van der Waals surface area contributed by atoms with E-state index < -0.39 is 0 Å². The molecule has 0 aromatic rings. The van der Waals surface area contributed by atoms with Crippen LogP contribution in [0.15, 0.2) is 36.5 Å². The zero-order valence-electron chi connectivity index (χ0n) is 9.38. The summed E-state index contributed by atoms with van der Waals surface area (Å²) >= 11 is 0. The fourth-order valence-electron chi connectivity index (χ4n) is 0.680. The molecule has 0 amide bonds. The second-order valence-electron chi connectivity index (χ2n) is 2.01. The van der Waals surface area contributed by atoms with Crippen molar-refractivity contribution in [1.82, 2.24) is 0 Å². The van der Waals surface area contributed by atoms with Gasteiger partial charge in [-0.1, -0.05) is 0 Å². The van der Waals surface area contributed by atoms with Gasteiger partial charge in [-0.15, -0.1) is 12.8 Å². The molecule has 0 heterocycles. The van der Waals surface area contributed by atoms with Gasteiger partial charge in [-0.05, 0) is 0 Å². The molecule has 1 heteroatoms. The normalized spacial score (nSPS) is 12.6. The molecule has 0 fully saturated rings. The van der Waals surface area contributed by atoms with E-state index in [-0.39, 0.29) is 48.5 Å². The van der Waals surface area contributed by atoms with Crippen molar-refractivity contribution in [3.63, 3.8) is 0 Å². The molecule has 0 radical (unpaired) electrons. The quantitative estimate of drug-likeness (QED) is 0.582. The van der Waals surface area contributed by atoms with Crippen LogP contribution in [0, 0.1) is 34.4 Å². The minimum atomic E-state index is 0. The van der Waals surface area contributed by atoms with E-state index in [1.54, 1.807) is 0 Å². The third kappa shape index (κ3) is 14.4. The zero-order valence-corrected chi connectivity index (χ0v) is 11.8. The van der Waals surface area contributed by atoms with Crippen LogP contribution in [0.3, 0.4) is 0 Å². The first-order chi connectivity index (χ1) is 5.00. The second kappa shape index (κ2) is 18.6. The smallest absolute Gasteiger partial charge is 0 e. The first-order valence-corrected chi connectivity index (χ1v) is 3.43. The molecular weight excluding hydrogens is 247 g/mol. The SMILES string of the molecule is [C-]1=CC=CC1.[C-]1=CC=CC1.[CH3-].[CH3-].[CH3-].[Zr]. The van der Waals surface area contributed by atoms with E-state index in [4.69, 9.17) is 0 Å². The molecule has 0 aromatic carbocycles. The Morgan fingerprint density at radius 1 is 0.714 bits per heavy atom. The number of rotatable bonds is 0. The van der Waals surface area contributed by atoms with Crippen molar-refractivity contribution in [3.05, 3.63) is 70.9 Å². The summed E-state index contributed by atoms with van der Waals surface area (Å²) in [6.45, 7) is 0. The van der Waals surface area contributed by atoms with Crippen molar-refractivity contribution < 1.29 is 26.2 Å². The summed E-state index contributed by atoms with van der Waals surface area (Å²) in [6, 6.07) is 0. The van der Waals surface area contributed by atoms with Crippen molar-refractivity contribution in [2.75, 3.05) is 0 Å². The molecule has 0 nitrogen and oxygen atoms in total. The van der Waals surface area contributed by atoms with Crippen molar-refractivity contribution in [2.45, 2.75) is 12.8 Å². The molecule has 0 N–H and O–H groups in total. The molecule has 0 bridgehead atoms. The topological polar surface area (TPSA) is 0 Å². The van der Waals surface area contributed by atoms with Crippen LogP contribution in [-0.4, -0.2) is 0 Å². The molecule has 2 rings (SSSR count). The molecule has 0 atom stereocenters. The van der Waals surface area contributed by atoms with E-state index >= 15 is 0 Å². The average Bonchev–Trinajstić information content (AvgIpc) is 2.67. The molecule has 0 aromatic heterocycles. The van der Waals surface area contributed by atoms with Gasteiger partial charge < -0.3 is 22.3 Å². The first kappa shape index (κ1) is 23.6. The maximum absolute atomic E-state index is 2.99. The summed E-state index contributed by atoms with van der Waals surface area (Å²) in [6.07, 6.45) is 20.0. The summed E-state index contributed by atoms with van der Waals surface area (Å²) in [5.41, 5.74) is 0. The third-order valence-corrected chi connectivity index (χ3v) is 1.17. The minimum absolute atomic E-state index is 0. The molecule has 2 aliphatic rings. The predicted octanol–water partition coefficient (Wildman–Crippen LogP) is 3.96. The average molecular weight is 267 g/mol. The van der Waals surface area contributed by atoms with Crippen LogP contribution in [0.2, 0.25) is 0 Å². The van der Waals surface area contributed by atoms with Gasteiger partial charge in [0.25, 0.3) is 0 Å². The number of hydrogen-bond acceptors (Lipinski definition) is 0. The van der Waals surface area contributed by atoms with Gasteiger partial charge in [0.2, 0.25) is 0 Å². The van der Waals surface area contributed by atoms with Gasteiger partial charge in [-0.25, -0.2) is 24.3 Å². The fraction of sp³-hybridized carbons (Fsp3) is 0.154. The molecule has 0 aliphatic heterocycles. The Bertz CT molecular complexity index is 143. The van der Waals surface area contributed by atoms with Gasteiger partial charge in [0, 0.05) is 26.2 Å². The predicted molar refractivity (Wildman–Crippen MR) is 62.4 cm³/mol. The van der Waals surface area contributed by atoms with E-state index in [2.05, 4.69) is 24.3 Å².